The lowest BCUT2D eigenvalue weighted by Crippen LogP contribution is -2.69. The Balaban J connectivity index is 2.29. The third-order valence-corrected chi connectivity index (χ3v) is 4.15. The van der Waals surface area contributed by atoms with Crippen LogP contribution in [-0.4, -0.2) is 120 Å². The number of aliphatic hydroxyl groups excluding tert-OH is 8. The highest BCUT2D eigenvalue weighted by Crippen LogP contribution is 2.39. The summed E-state index contributed by atoms with van der Waals surface area (Å²) in [5.74, 6) is -5.62. The van der Waals surface area contributed by atoms with Crippen LogP contribution in [0, 0.1) is 0 Å². The summed E-state index contributed by atoms with van der Waals surface area (Å²) < 4.78 is 14.8. The fourth-order valence-electron chi connectivity index (χ4n) is 2.71. The van der Waals surface area contributed by atoms with E-state index in [1.807, 2.05) is 0 Å². The van der Waals surface area contributed by atoms with Crippen LogP contribution in [0.3, 0.4) is 0 Å². The van der Waals surface area contributed by atoms with Gasteiger partial charge in [-0.2, -0.15) is 0 Å². The highest BCUT2D eigenvalue weighted by molar-refractivity contribution is 4.99. The zero-order valence-corrected chi connectivity index (χ0v) is 12.4. The van der Waals surface area contributed by atoms with Crippen LogP contribution < -0.4 is 0 Å². The van der Waals surface area contributed by atoms with E-state index in [4.69, 9.17) is 24.4 Å². The van der Waals surface area contributed by atoms with Crippen molar-refractivity contribution in [3.05, 3.63) is 0 Å². The van der Waals surface area contributed by atoms with Crippen LogP contribution in [0.1, 0.15) is 0 Å². The van der Waals surface area contributed by atoms with Crippen molar-refractivity contribution in [1.29, 1.82) is 0 Å². The van der Waals surface area contributed by atoms with E-state index >= 15 is 0 Å². The van der Waals surface area contributed by atoms with E-state index in [0.717, 1.165) is 0 Å². The molecule has 9 N–H and O–H groups in total. The average molecular weight is 358 g/mol. The quantitative estimate of drug-likeness (QED) is 0.210. The molecule has 0 aromatic rings. The molecule has 0 bridgehead atoms. The van der Waals surface area contributed by atoms with Gasteiger partial charge in [-0.3, -0.25) is 4.74 Å². The van der Waals surface area contributed by atoms with Gasteiger partial charge in [0, 0.05) is 0 Å². The minimum Gasteiger partial charge on any atom is -0.394 e. The van der Waals surface area contributed by atoms with Gasteiger partial charge in [0.15, 0.2) is 6.10 Å². The van der Waals surface area contributed by atoms with E-state index in [0.29, 0.717) is 0 Å². The van der Waals surface area contributed by atoms with Crippen molar-refractivity contribution in [2.45, 2.75) is 54.5 Å². The van der Waals surface area contributed by atoms with Gasteiger partial charge < -0.3 is 55.4 Å². The van der Waals surface area contributed by atoms with Gasteiger partial charge in [-0.15, -0.1) is 0 Å². The Morgan fingerprint density at radius 3 is 1.75 bits per heavy atom. The highest BCUT2D eigenvalue weighted by atomic mass is 16.9. The first-order valence-corrected chi connectivity index (χ1v) is 7.17. The molecule has 0 unspecified atom stereocenters. The molecule has 0 aliphatic carbocycles. The molecule has 142 valence electrons. The Hall–Kier alpha value is -0.480. The van der Waals surface area contributed by atoms with Crippen LogP contribution in [0.25, 0.3) is 0 Å². The number of aliphatic hydroxyl groups is 9. The lowest BCUT2D eigenvalue weighted by Gasteiger charge is -2.47. The summed E-state index contributed by atoms with van der Waals surface area (Å²) in [6.07, 6.45) is -12.6. The monoisotopic (exact) mass is 358 g/mol. The van der Waals surface area contributed by atoms with Gasteiger partial charge in [0.25, 0.3) is 0 Å². The molecule has 0 aromatic carbocycles. The Morgan fingerprint density at radius 1 is 0.750 bits per heavy atom. The van der Waals surface area contributed by atoms with Crippen molar-refractivity contribution in [3.63, 3.8) is 0 Å². The molecule has 2 aliphatic heterocycles. The van der Waals surface area contributed by atoms with Crippen LogP contribution in [0.5, 0.6) is 0 Å². The topological polar surface area (TPSA) is 210 Å². The van der Waals surface area contributed by atoms with E-state index in [9.17, 15) is 35.7 Å². The molecule has 2 heterocycles. The molecule has 0 saturated carbocycles. The first kappa shape index (κ1) is 19.8. The molecular formula is C12H22O12. The summed E-state index contributed by atoms with van der Waals surface area (Å²) in [6, 6.07) is 0. The molecular weight excluding hydrogens is 336 g/mol. The third-order valence-electron chi connectivity index (χ3n) is 4.15. The van der Waals surface area contributed by atoms with E-state index in [-0.39, 0.29) is 0 Å². The SMILES string of the molecule is OC[C@@H]1O[C@@](CO)(O[C@]2(O)O[C@H](CO)[C@@H](O)[C@H](O)[C@H]2O)[C@H](O)[C@H]1O. The van der Waals surface area contributed by atoms with Crippen LogP contribution in [-0.2, 0) is 14.2 Å². The largest absolute Gasteiger partial charge is 0.394 e. The standard InChI is InChI=1S/C12H22O12/c13-1-4-6(16)8(18)10(20)12(21,23-4)24-11(3-15)9(19)7(17)5(2-14)22-11/h4-10,13-21H,1-3H2/t4-,5+,6-,7+,8+,9-,10-,11+,12-/m1/s1. The summed E-state index contributed by atoms with van der Waals surface area (Å²) in [6.45, 7) is -2.76. The maximum absolute atomic E-state index is 10.3. The fraction of sp³-hybridized carbons (Fsp3) is 1.00. The highest BCUT2D eigenvalue weighted by Gasteiger charge is 2.63. The van der Waals surface area contributed by atoms with Gasteiger partial charge in [-0.05, 0) is 0 Å². The van der Waals surface area contributed by atoms with E-state index < -0.39 is 74.3 Å². The predicted molar refractivity (Wildman–Crippen MR) is 69.8 cm³/mol. The second kappa shape index (κ2) is 7.03. The molecule has 0 radical (unpaired) electrons. The Morgan fingerprint density at radius 2 is 1.29 bits per heavy atom. The summed E-state index contributed by atoms with van der Waals surface area (Å²) in [4.78, 5) is 0. The summed E-state index contributed by atoms with van der Waals surface area (Å²) >= 11 is 0. The zero-order chi connectivity index (χ0) is 18.3. The van der Waals surface area contributed by atoms with Gasteiger partial charge in [0.2, 0.25) is 5.79 Å². The normalized spacial score (nSPS) is 52.6. The Kier molecular flexibility index (Phi) is 5.81. The van der Waals surface area contributed by atoms with Crippen molar-refractivity contribution < 1.29 is 60.2 Å². The first-order chi connectivity index (χ1) is 11.2. The lowest BCUT2D eigenvalue weighted by molar-refractivity contribution is -0.500. The van der Waals surface area contributed by atoms with Gasteiger partial charge in [0.1, 0.15) is 43.2 Å². The maximum atomic E-state index is 10.3. The molecule has 2 fully saturated rings. The molecule has 24 heavy (non-hydrogen) atoms. The number of hydrogen-bond donors (Lipinski definition) is 9. The smallest absolute Gasteiger partial charge is 0.313 e. The fourth-order valence-corrected chi connectivity index (χ4v) is 2.71. The minimum atomic E-state index is -3.11. The minimum absolute atomic E-state index is 0.758. The van der Waals surface area contributed by atoms with Crippen molar-refractivity contribution in [2.24, 2.45) is 0 Å². The van der Waals surface area contributed by atoms with Crippen molar-refractivity contribution in [3.8, 4) is 0 Å². The number of hydrogen-bond acceptors (Lipinski definition) is 12. The van der Waals surface area contributed by atoms with Crippen LogP contribution in [0.4, 0.5) is 0 Å². The molecule has 2 aliphatic rings. The van der Waals surface area contributed by atoms with E-state index in [2.05, 4.69) is 0 Å². The molecule has 0 aromatic heterocycles. The molecule has 0 spiro atoms. The van der Waals surface area contributed by atoms with Crippen molar-refractivity contribution in [2.75, 3.05) is 19.8 Å². The Labute approximate surface area is 135 Å². The zero-order valence-electron chi connectivity index (χ0n) is 12.4. The predicted octanol–water partition coefficient (Wildman–Crippen LogP) is -6.08. The second-order valence-corrected chi connectivity index (χ2v) is 5.74. The molecule has 9 atom stereocenters. The average Bonchev–Trinajstić information content (AvgIpc) is 2.81. The number of rotatable bonds is 5. The van der Waals surface area contributed by atoms with Gasteiger partial charge >= 0.3 is 5.97 Å². The molecule has 12 nitrogen and oxygen atoms in total. The van der Waals surface area contributed by atoms with Gasteiger partial charge in [0.05, 0.1) is 13.2 Å². The molecule has 2 rings (SSSR count). The van der Waals surface area contributed by atoms with Gasteiger partial charge in [-0.25, -0.2) is 0 Å². The molecule has 12 heteroatoms. The van der Waals surface area contributed by atoms with Crippen LogP contribution in [0.2, 0.25) is 0 Å². The summed E-state index contributed by atoms with van der Waals surface area (Å²) in [7, 11) is 0. The Bertz CT molecular complexity index is 434. The maximum Gasteiger partial charge on any atom is 0.313 e. The first-order valence-electron chi connectivity index (χ1n) is 7.17. The number of ether oxygens (including phenoxy) is 3. The molecule has 2 saturated heterocycles. The van der Waals surface area contributed by atoms with E-state index in [1.54, 1.807) is 0 Å². The van der Waals surface area contributed by atoms with Crippen molar-refractivity contribution in [1.82, 2.24) is 0 Å². The van der Waals surface area contributed by atoms with Crippen molar-refractivity contribution >= 4 is 0 Å². The van der Waals surface area contributed by atoms with Gasteiger partial charge in [-0.1, -0.05) is 0 Å². The van der Waals surface area contributed by atoms with E-state index in [1.165, 1.54) is 0 Å². The third kappa shape index (κ3) is 3.05. The summed E-state index contributed by atoms with van der Waals surface area (Å²) in [5, 5.41) is 87.0. The van der Waals surface area contributed by atoms with Crippen LogP contribution in [0.15, 0.2) is 0 Å². The lowest BCUT2D eigenvalue weighted by atomic mass is 9.97. The second-order valence-electron chi connectivity index (χ2n) is 5.74. The molecule has 0 amide bonds. The summed E-state index contributed by atoms with van der Waals surface area (Å²) in [5.41, 5.74) is 0. The van der Waals surface area contributed by atoms with Crippen LogP contribution >= 0.6 is 0 Å².